The van der Waals surface area contributed by atoms with E-state index < -0.39 is 12.1 Å². The Hall–Kier alpha value is -2.83. The molecule has 0 heterocycles. The Morgan fingerprint density at radius 2 is 1.96 bits per heavy atom. The van der Waals surface area contributed by atoms with Crippen LogP contribution in [-0.2, 0) is 11.2 Å². The molecular formula is C19H19F3N2O2. The maximum absolute atomic E-state index is 13.1. The number of aryl methyl sites for hydroxylation is 2. The van der Waals surface area contributed by atoms with Gasteiger partial charge in [0.1, 0.15) is 5.75 Å². The molecule has 0 radical (unpaired) electrons. The second-order valence-corrected chi connectivity index (χ2v) is 5.62. The monoisotopic (exact) mass is 364 g/mol. The minimum Gasteiger partial charge on any atom is -0.497 e. The summed E-state index contributed by atoms with van der Waals surface area (Å²) in [5, 5.41) is 4.23. The van der Waals surface area contributed by atoms with Gasteiger partial charge in [0.15, 0.2) is 0 Å². The van der Waals surface area contributed by atoms with Gasteiger partial charge in [-0.25, -0.2) is 0 Å². The van der Waals surface area contributed by atoms with Crippen LogP contribution in [0.15, 0.2) is 47.6 Å². The number of hydrogen-bond donors (Lipinski definition) is 0. The van der Waals surface area contributed by atoms with Crippen molar-refractivity contribution < 1.29 is 22.7 Å². The van der Waals surface area contributed by atoms with Crippen LogP contribution in [0.4, 0.5) is 18.9 Å². The van der Waals surface area contributed by atoms with Crippen molar-refractivity contribution in [2.24, 2.45) is 5.10 Å². The molecule has 2 aromatic carbocycles. The molecule has 0 saturated carbocycles. The number of carbonyl (C=O) groups is 1. The molecule has 2 aromatic rings. The Morgan fingerprint density at radius 1 is 1.23 bits per heavy atom. The van der Waals surface area contributed by atoms with E-state index in [1.165, 1.54) is 19.4 Å². The third kappa shape index (κ3) is 4.62. The molecule has 1 amide bonds. The summed E-state index contributed by atoms with van der Waals surface area (Å²) in [5.74, 6) is -1.51. The van der Waals surface area contributed by atoms with Gasteiger partial charge in [0, 0.05) is 0 Å². The molecule has 0 N–H and O–H groups in total. The van der Waals surface area contributed by atoms with Gasteiger partial charge < -0.3 is 4.74 Å². The normalized spacial score (nSPS) is 11.6. The Kier molecular flexibility index (Phi) is 6.02. The summed E-state index contributed by atoms with van der Waals surface area (Å²) < 4.78 is 44.3. The third-order valence-electron chi connectivity index (χ3n) is 3.70. The number of nitrogens with zero attached hydrogens (tertiary/aromatic N) is 2. The first-order valence-electron chi connectivity index (χ1n) is 7.95. The molecule has 0 saturated heterocycles. The van der Waals surface area contributed by atoms with Crippen molar-refractivity contribution in [1.29, 1.82) is 0 Å². The highest BCUT2D eigenvalue weighted by molar-refractivity contribution is 5.99. The molecule has 138 valence electrons. The van der Waals surface area contributed by atoms with Gasteiger partial charge in [0.05, 0.1) is 19.0 Å². The molecule has 4 nitrogen and oxygen atoms in total. The minimum absolute atomic E-state index is 0.111. The summed E-state index contributed by atoms with van der Waals surface area (Å²) in [6.07, 6.45) is -3.37. The highest BCUT2D eigenvalue weighted by Crippen LogP contribution is 2.28. The summed E-state index contributed by atoms with van der Waals surface area (Å²) in [5.41, 5.74) is 2.11. The van der Waals surface area contributed by atoms with Crippen LogP contribution in [0, 0.1) is 6.92 Å². The molecule has 7 heteroatoms. The highest BCUT2D eigenvalue weighted by atomic mass is 19.4. The number of hydrogen-bond acceptors (Lipinski definition) is 3. The lowest BCUT2D eigenvalue weighted by atomic mass is 10.1. The van der Waals surface area contributed by atoms with Crippen LogP contribution in [0.1, 0.15) is 23.6 Å². The summed E-state index contributed by atoms with van der Waals surface area (Å²) in [6.45, 7) is 3.64. The van der Waals surface area contributed by atoms with E-state index in [2.05, 4.69) is 5.10 Å². The Morgan fingerprint density at radius 3 is 2.58 bits per heavy atom. The first-order valence-corrected chi connectivity index (χ1v) is 7.95. The lowest BCUT2D eigenvalue weighted by molar-refractivity contribution is -0.170. The molecule has 26 heavy (non-hydrogen) atoms. The fraction of sp³-hybridized carbons (Fsp3) is 0.263. The maximum Gasteiger partial charge on any atom is 0.473 e. The summed E-state index contributed by atoms with van der Waals surface area (Å²) in [4.78, 5) is 11.9. The lowest BCUT2D eigenvalue weighted by Crippen LogP contribution is -2.38. The zero-order valence-corrected chi connectivity index (χ0v) is 14.7. The van der Waals surface area contributed by atoms with Gasteiger partial charge in [-0.05, 0) is 42.7 Å². The van der Waals surface area contributed by atoms with Crippen LogP contribution >= 0.6 is 0 Å². The molecule has 0 spiro atoms. The highest BCUT2D eigenvalue weighted by Gasteiger charge is 2.43. The second-order valence-electron chi connectivity index (χ2n) is 5.62. The number of ether oxygens (including phenoxy) is 1. The SMILES string of the molecule is CCc1cc(C)ccc1N(/N=C/c1cccc(OC)c1)C(=O)C(F)(F)F. The Bertz CT molecular complexity index is 817. The third-order valence-corrected chi connectivity index (χ3v) is 3.70. The number of amides is 1. The fourth-order valence-corrected chi connectivity index (χ4v) is 2.39. The summed E-state index contributed by atoms with van der Waals surface area (Å²) in [7, 11) is 1.48. The zero-order valence-electron chi connectivity index (χ0n) is 14.7. The number of rotatable bonds is 5. The van der Waals surface area contributed by atoms with E-state index in [9.17, 15) is 18.0 Å². The second kappa shape index (κ2) is 8.03. The summed E-state index contributed by atoms with van der Waals surface area (Å²) in [6, 6.07) is 11.5. The predicted molar refractivity (Wildman–Crippen MR) is 94.7 cm³/mol. The first kappa shape index (κ1) is 19.5. The van der Waals surface area contributed by atoms with Crippen LogP contribution in [-0.4, -0.2) is 25.4 Å². The Labute approximate surface area is 149 Å². The molecule has 0 unspecified atom stereocenters. The van der Waals surface area contributed by atoms with Crippen LogP contribution < -0.4 is 9.75 Å². The molecular weight excluding hydrogens is 345 g/mol. The van der Waals surface area contributed by atoms with Crippen LogP contribution in [0.5, 0.6) is 5.75 Å². The van der Waals surface area contributed by atoms with Gasteiger partial charge in [-0.15, -0.1) is 0 Å². The summed E-state index contributed by atoms with van der Waals surface area (Å²) >= 11 is 0. The van der Waals surface area contributed by atoms with Crippen molar-refractivity contribution in [3.8, 4) is 5.75 Å². The van der Waals surface area contributed by atoms with E-state index in [0.29, 0.717) is 28.3 Å². The number of methoxy groups -OCH3 is 1. The van der Waals surface area contributed by atoms with Gasteiger partial charge in [0.2, 0.25) is 0 Å². The molecule has 0 atom stereocenters. The van der Waals surface area contributed by atoms with Crippen molar-refractivity contribution in [3.63, 3.8) is 0 Å². The van der Waals surface area contributed by atoms with E-state index in [0.717, 1.165) is 5.56 Å². The van der Waals surface area contributed by atoms with Crippen LogP contribution in [0.25, 0.3) is 0 Å². The number of halogens is 3. The van der Waals surface area contributed by atoms with Crippen molar-refractivity contribution in [3.05, 3.63) is 59.2 Å². The van der Waals surface area contributed by atoms with Crippen LogP contribution in [0.2, 0.25) is 0 Å². The molecule has 0 aliphatic heterocycles. The average Bonchev–Trinajstić information content (AvgIpc) is 2.61. The zero-order chi connectivity index (χ0) is 19.3. The quantitative estimate of drug-likeness (QED) is 0.579. The Balaban J connectivity index is 2.48. The van der Waals surface area contributed by atoms with E-state index >= 15 is 0 Å². The van der Waals surface area contributed by atoms with E-state index in [-0.39, 0.29) is 5.69 Å². The van der Waals surface area contributed by atoms with Gasteiger partial charge in [-0.1, -0.05) is 36.8 Å². The first-order chi connectivity index (χ1) is 12.3. The predicted octanol–water partition coefficient (Wildman–Crippen LogP) is 4.50. The minimum atomic E-state index is -5.04. The number of alkyl halides is 3. The van der Waals surface area contributed by atoms with Gasteiger partial charge >= 0.3 is 12.1 Å². The number of carbonyl (C=O) groups excluding carboxylic acids is 1. The molecule has 0 aliphatic carbocycles. The van der Waals surface area contributed by atoms with E-state index in [1.807, 2.05) is 6.92 Å². The largest absolute Gasteiger partial charge is 0.497 e. The topological polar surface area (TPSA) is 41.9 Å². The average molecular weight is 364 g/mol. The molecule has 0 aromatic heterocycles. The number of anilines is 1. The fourth-order valence-electron chi connectivity index (χ4n) is 2.39. The number of benzene rings is 2. The standard InChI is InChI=1S/C19H19F3N2O2/c1-4-15-10-13(2)8-9-17(15)24(18(25)19(20,21)22)23-12-14-6-5-7-16(11-14)26-3/h5-12H,4H2,1-3H3/b23-12+. The maximum atomic E-state index is 13.1. The van der Waals surface area contributed by atoms with Crippen LogP contribution in [0.3, 0.4) is 0 Å². The molecule has 2 rings (SSSR count). The van der Waals surface area contributed by atoms with Gasteiger partial charge in [-0.2, -0.15) is 23.3 Å². The van der Waals surface area contributed by atoms with Gasteiger partial charge in [-0.3, -0.25) is 4.79 Å². The van der Waals surface area contributed by atoms with Crippen molar-refractivity contribution in [2.45, 2.75) is 26.4 Å². The van der Waals surface area contributed by atoms with Crippen molar-refractivity contribution >= 4 is 17.8 Å². The molecule has 0 fully saturated rings. The van der Waals surface area contributed by atoms with Gasteiger partial charge in [0.25, 0.3) is 0 Å². The van der Waals surface area contributed by atoms with Crippen molar-refractivity contribution in [1.82, 2.24) is 0 Å². The lowest BCUT2D eigenvalue weighted by Gasteiger charge is -2.21. The molecule has 0 aliphatic rings. The number of hydrazone groups is 1. The molecule has 0 bridgehead atoms. The van der Waals surface area contributed by atoms with E-state index in [4.69, 9.17) is 4.74 Å². The smallest absolute Gasteiger partial charge is 0.473 e. The van der Waals surface area contributed by atoms with E-state index in [1.54, 1.807) is 43.3 Å². The van der Waals surface area contributed by atoms with Crippen molar-refractivity contribution in [2.75, 3.05) is 12.1 Å².